The maximum atomic E-state index is 11.5. The molecular weight excluding hydrogens is 380 g/mol. The minimum Gasteiger partial charge on any atom is -0.494 e. The quantitative estimate of drug-likeness (QED) is 0.457. The minimum absolute atomic E-state index is 0.134. The maximum absolute atomic E-state index is 11.5. The zero-order chi connectivity index (χ0) is 17.8. The summed E-state index contributed by atoms with van der Waals surface area (Å²) >= 11 is 3.34. The van der Waals surface area contributed by atoms with E-state index >= 15 is 0 Å². The van der Waals surface area contributed by atoms with Crippen molar-refractivity contribution < 1.29 is 23.9 Å². The maximum Gasteiger partial charge on any atom is 0.306 e. The number of rotatable bonds is 10. The van der Waals surface area contributed by atoms with E-state index in [0.717, 1.165) is 4.47 Å². The van der Waals surface area contributed by atoms with Crippen LogP contribution in [0.4, 0.5) is 0 Å². The van der Waals surface area contributed by atoms with Crippen LogP contribution < -0.4 is 15.4 Å². The first-order valence-electron chi connectivity index (χ1n) is 7.58. The SMILES string of the molecule is CCNC(=O)CNC(=O)COC(=O)CCCOc1cccc(Br)c1. The Balaban J connectivity index is 2.09. The molecule has 0 heterocycles. The minimum atomic E-state index is -0.514. The lowest BCUT2D eigenvalue weighted by Gasteiger charge is -2.08. The van der Waals surface area contributed by atoms with E-state index < -0.39 is 18.5 Å². The second-order valence-corrected chi connectivity index (χ2v) is 5.72. The first-order valence-corrected chi connectivity index (χ1v) is 8.38. The first kappa shape index (κ1) is 20.0. The summed E-state index contributed by atoms with van der Waals surface area (Å²) in [5, 5.41) is 4.90. The molecule has 0 fully saturated rings. The van der Waals surface area contributed by atoms with Crippen LogP contribution in [0.25, 0.3) is 0 Å². The van der Waals surface area contributed by atoms with Crippen molar-refractivity contribution in [3.63, 3.8) is 0 Å². The Morgan fingerprint density at radius 3 is 2.67 bits per heavy atom. The molecule has 0 saturated carbocycles. The normalized spacial score (nSPS) is 9.92. The fourth-order valence-electron chi connectivity index (χ4n) is 1.67. The molecule has 8 heteroatoms. The van der Waals surface area contributed by atoms with Crippen LogP contribution in [0, 0.1) is 0 Å². The third-order valence-electron chi connectivity index (χ3n) is 2.77. The van der Waals surface area contributed by atoms with E-state index in [2.05, 4.69) is 26.6 Å². The highest BCUT2D eigenvalue weighted by Crippen LogP contribution is 2.17. The van der Waals surface area contributed by atoms with E-state index in [-0.39, 0.29) is 18.9 Å². The zero-order valence-corrected chi connectivity index (χ0v) is 15.1. The van der Waals surface area contributed by atoms with Gasteiger partial charge in [-0.25, -0.2) is 0 Å². The molecule has 0 spiro atoms. The average Bonchev–Trinajstić information content (AvgIpc) is 2.55. The standard InChI is InChI=1S/C16H21BrN2O5/c1-2-18-14(20)10-19-15(21)11-24-16(22)7-4-8-23-13-6-3-5-12(17)9-13/h3,5-6,9H,2,4,7-8,10-11H2,1H3,(H,18,20)(H,19,21). The molecule has 2 N–H and O–H groups in total. The molecule has 0 radical (unpaired) electrons. The van der Waals surface area contributed by atoms with Crippen molar-refractivity contribution in [3.8, 4) is 5.75 Å². The Morgan fingerprint density at radius 1 is 1.17 bits per heavy atom. The number of nitrogens with one attached hydrogen (secondary N) is 2. The molecule has 0 aliphatic heterocycles. The van der Waals surface area contributed by atoms with E-state index in [1.54, 1.807) is 6.92 Å². The predicted octanol–water partition coefficient (Wildman–Crippen LogP) is 1.40. The largest absolute Gasteiger partial charge is 0.494 e. The molecule has 0 aliphatic rings. The summed E-state index contributed by atoms with van der Waals surface area (Å²) in [4.78, 5) is 34.1. The molecule has 2 amide bonds. The van der Waals surface area contributed by atoms with Crippen molar-refractivity contribution in [2.24, 2.45) is 0 Å². The van der Waals surface area contributed by atoms with Crippen molar-refractivity contribution in [1.29, 1.82) is 0 Å². The molecule has 1 aromatic carbocycles. The molecule has 24 heavy (non-hydrogen) atoms. The van der Waals surface area contributed by atoms with Gasteiger partial charge in [0.2, 0.25) is 5.91 Å². The van der Waals surface area contributed by atoms with Crippen molar-refractivity contribution in [1.82, 2.24) is 10.6 Å². The molecule has 132 valence electrons. The number of carbonyl (C=O) groups is 3. The second-order valence-electron chi connectivity index (χ2n) is 4.80. The van der Waals surface area contributed by atoms with Crippen LogP contribution in [-0.4, -0.2) is 44.1 Å². The highest BCUT2D eigenvalue weighted by Gasteiger charge is 2.09. The lowest BCUT2D eigenvalue weighted by atomic mass is 10.3. The highest BCUT2D eigenvalue weighted by molar-refractivity contribution is 9.10. The van der Waals surface area contributed by atoms with Gasteiger partial charge in [0.25, 0.3) is 5.91 Å². The van der Waals surface area contributed by atoms with Crippen LogP contribution in [0.15, 0.2) is 28.7 Å². The molecule has 1 aromatic rings. The van der Waals surface area contributed by atoms with Crippen molar-refractivity contribution in [3.05, 3.63) is 28.7 Å². The number of carbonyl (C=O) groups excluding carboxylic acids is 3. The molecule has 0 aromatic heterocycles. The van der Waals surface area contributed by atoms with E-state index in [1.807, 2.05) is 24.3 Å². The van der Waals surface area contributed by atoms with E-state index in [1.165, 1.54) is 0 Å². The number of halogens is 1. The molecule has 0 aliphatic carbocycles. The van der Waals surface area contributed by atoms with E-state index in [0.29, 0.717) is 25.3 Å². The van der Waals surface area contributed by atoms with Gasteiger partial charge in [-0.15, -0.1) is 0 Å². The number of hydrogen-bond donors (Lipinski definition) is 2. The fraction of sp³-hybridized carbons (Fsp3) is 0.438. The van der Waals surface area contributed by atoms with Crippen molar-refractivity contribution in [2.45, 2.75) is 19.8 Å². The number of ether oxygens (including phenoxy) is 2. The number of hydrogen-bond acceptors (Lipinski definition) is 5. The van der Waals surface area contributed by atoms with Gasteiger partial charge in [-0.2, -0.15) is 0 Å². The van der Waals surface area contributed by atoms with Gasteiger partial charge in [-0.3, -0.25) is 14.4 Å². The lowest BCUT2D eigenvalue weighted by molar-refractivity contribution is -0.148. The van der Waals surface area contributed by atoms with E-state index in [4.69, 9.17) is 9.47 Å². The molecule has 1 rings (SSSR count). The number of amides is 2. The fourth-order valence-corrected chi connectivity index (χ4v) is 2.05. The molecule has 0 bridgehead atoms. The zero-order valence-electron chi connectivity index (χ0n) is 13.5. The summed E-state index contributed by atoms with van der Waals surface area (Å²) in [5.74, 6) is -0.578. The molecule has 0 unspecified atom stereocenters. The second kappa shape index (κ2) is 11.4. The average molecular weight is 401 g/mol. The smallest absolute Gasteiger partial charge is 0.306 e. The van der Waals surface area contributed by atoms with Gasteiger partial charge in [-0.05, 0) is 31.5 Å². The Bertz CT molecular complexity index is 565. The number of likely N-dealkylation sites (N-methyl/N-ethyl adjacent to an activating group) is 1. The molecule has 0 saturated heterocycles. The topological polar surface area (TPSA) is 93.7 Å². The summed E-state index contributed by atoms with van der Waals surface area (Å²) in [6.45, 7) is 2.11. The highest BCUT2D eigenvalue weighted by atomic mass is 79.9. The monoisotopic (exact) mass is 400 g/mol. The third kappa shape index (κ3) is 9.14. The van der Waals surface area contributed by atoms with Gasteiger partial charge in [-0.1, -0.05) is 22.0 Å². The van der Waals surface area contributed by atoms with E-state index in [9.17, 15) is 14.4 Å². The molecule has 0 atom stereocenters. The summed E-state index contributed by atoms with van der Waals surface area (Å²) in [7, 11) is 0. The summed E-state index contributed by atoms with van der Waals surface area (Å²) in [5.41, 5.74) is 0. The van der Waals surface area contributed by atoms with Gasteiger partial charge in [0.1, 0.15) is 5.75 Å². The van der Waals surface area contributed by atoms with Gasteiger partial charge >= 0.3 is 5.97 Å². The van der Waals surface area contributed by atoms with Crippen LogP contribution in [0.3, 0.4) is 0 Å². The first-order chi connectivity index (χ1) is 11.5. The van der Waals surface area contributed by atoms with Crippen LogP contribution in [0.5, 0.6) is 5.75 Å². The summed E-state index contributed by atoms with van der Waals surface area (Å²) < 4.78 is 11.2. The third-order valence-corrected chi connectivity index (χ3v) is 3.27. The molecule has 7 nitrogen and oxygen atoms in total. The molecular formula is C16H21BrN2O5. The van der Waals surface area contributed by atoms with Crippen LogP contribution in [0.2, 0.25) is 0 Å². The lowest BCUT2D eigenvalue weighted by Crippen LogP contribution is -2.38. The van der Waals surface area contributed by atoms with Crippen molar-refractivity contribution >= 4 is 33.7 Å². The Kier molecular flexibility index (Phi) is 9.52. The summed E-state index contributed by atoms with van der Waals surface area (Å²) in [6, 6.07) is 7.40. The number of benzene rings is 1. The Labute approximate surface area is 149 Å². The van der Waals surface area contributed by atoms with Gasteiger partial charge in [0, 0.05) is 17.4 Å². The summed E-state index contributed by atoms with van der Waals surface area (Å²) in [6.07, 6.45) is 0.628. The number of esters is 1. The van der Waals surface area contributed by atoms with Crippen LogP contribution in [-0.2, 0) is 19.1 Å². The predicted molar refractivity (Wildman–Crippen MR) is 91.5 cm³/mol. The van der Waals surface area contributed by atoms with Crippen molar-refractivity contribution in [2.75, 3.05) is 26.3 Å². The Morgan fingerprint density at radius 2 is 1.96 bits per heavy atom. The van der Waals surface area contributed by atoms with Gasteiger partial charge in [0.05, 0.1) is 13.2 Å². The van der Waals surface area contributed by atoms with Gasteiger partial charge < -0.3 is 20.1 Å². The Hall–Kier alpha value is -2.09. The van der Waals surface area contributed by atoms with Gasteiger partial charge in [0.15, 0.2) is 6.61 Å². The van der Waals surface area contributed by atoms with Crippen LogP contribution >= 0.6 is 15.9 Å². The van der Waals surface area contributed by atoms with Crippen LogP contribution in [0.1, 0.15) is 19.8 Å².